The summed E-state index contributed by atoms with van der Waals surface area (Å²) in [5, 5.41) is 44.1. The summed E-state index contributed by atoms with van der Waals surface area (Å²) in [4.78, 5) is 115. The average molecular weight is 738 g/mol. The third kappa shape index (κ3) is 19.6. The monoisotopic (exact) mass is 737 g/mol. The van der Waals surface area contributed by atoms with E-state index in [0.717, 1.165) is 21.6 Å². The summed E-state index contributed by atoms with van der Waals surface area (Å²) in [6.07, 6.45) is 1.44. The van der Waals surface area contributed by atoms with E-state index < -0.39 is 84.8 Å². The highest BCUT2D eigenvalue weighted by atomic mass is 33.1. The van der Waals surface area contributed by atoms with Crippen LogP contribution in [0.2, 0.25) is 0 Å². The van der Waals surface area contributed by atoms with Gasteiger partial charge in [-0.3, -0.25) is 52.8 Å². The highest BCUT2D eigenvalue weighted by Gasteiger charge is 2.26. The molecule has 0 radical (unpaired) electrons. The molecular weight excluding hydrogens is 698 g/mol. The van der Waals surface area contributed by atoms with E-state index in [2.05, 4.69) is 21.3 Å². The zero-order valence-corrected chi connectivity index (χ0v) is 27.8. The number of carbonyl (C=O) groups excluding carboxylic acids is 6. The normalized spacial score (nSPS) is 14.3. The number of carboxylic acid groups (broad SMARTS) is 4. The summed E-state index contributed by atoms with van der Waals surface area (Å²) >= 11 is 0. The number of amides is 6. The first-order valence-electron chi connectivity index (χ1n) is 14.2. The molecule has 21 nitrogen and oxygen atoms in total. The molecule has 0 saturated heterocycles. The fourth-order valence-electron chi connectivity index (χ4n) is 3.27. The second-order valence-corrected chi connectivity index (χ2v) is 12.3. The van der Waals surface area contributed by atoms with Crippen LogP contribution < -0.4 is 32.7 Å². The molecule has 0 unspecified atom stereocenters. The van der Waals surface area contributed by atoms with E-state index in [9.17, 15) is 47.9 Å². The molecule has 49 heavy (non-hydrogen) atoms. The van der Waals surface area contributed by atoms with Crippen molar-refractivity contribution in [3.63, 3.8) is 0 Å². The molecular formula is C26H39N7O14S2. The Hall–Kier alpha value is -4.74. The average Bonchev–Trinajstić information content (AvgIpc) is 3.36. The Kier molecular flexibility index (Phi) is 21.3. The standard InChI is InChI=1S/C20H32N6O12S2.C6H7NO2/c21-9(19(35)36)1-3-13(27)25-11(17(33)23-5-15(29)30)7-39-40-8-12(18(34)24-6-16(31)32)26-14(28)4-2-10(22)20(37)38;1-2-7-5(8)3-4-6(7)9/h9-12H,1-8,21-22H2,(H,23,33)(H,24,34)(H,25,27)(H,26,28)(H,29,30)(H,31,32)(H,35,36)(H,37,38);3-4H,2H2,1H3/t9-,10-,11-,12-;/m0./s1. The molecule has 0 aliphatic carbocycles. The molecule has 0 spiro atoms. The van der Waals surface area contributed by atoms with Crippen LogP contribution in [0, 0.1) is 0 Å². The van der Waals surface area contributed by atoms with Gasteiger partial charge >= 0.3 is 23.9 Å². The Labute approximate surface area is 286 Å². The SMILES string of the molecule is CCN1C(=O)C=CC1=O.N[C@@H](CCC(=O)N[C@@H](CSSC[C@H](NC(=O)CC[C@H](N)C(=O)O)C(=O)NCC(=O)O)C(=O)NCC(=O)O)C(=O)O. The van der Waals surface area contributed by atoms with Crippen molar-refractivity contribution < 1.29 is 68.4 Å². The van der Waals surface area contributed by atoms with Gasteiger partial charge in [-0.05, 0) is 19.8 Å². The first-order valence-corrected chi connectivity index (χ1v) is 16.7. The van der Waals surface area contributed by atoms with Gasteiger partial charge in [0, 0.05) is 43.0 Å². The number of rotatable bonds is 22. The number of likely N-dealkylation sites (N-methyl/N-ethyl adjacent to an activating group) is 1. The molecule has 274 valence electrons. The van der Waals surface area contributed by atoms with Crippen LogP contribution in [0.3, 0.4) is 0 Å². The van der Waals surface area contributed by atoms with E-state index >= 15 is 0 Å². The van der Waals surface area contributed by atoms with Crippen molar-refractivity contribution in [3.05, 3.63) is 12.2 Å². The van der Waals surface area contributed by atoms with Crippen LogP contribution in [0.15, 0.2) is 12.2 Å². The van der Waals surface area contributed by atoms with Crippen LogP contribution in [0.25, 0.3) is 0 Å². The Balaban J connectivity index is 0.00000219. The third-order valence-corrected chi connectivity index (χ3v) is 8.32. The smallest absolute Gasteiger partial charge is 0.322 e. The Morgan fingerprint density at radius 1 is 0.694 bits per heavy atom. The third-order valence-electron chi connectivity index (χ3n) is 5.90. The first-order chi connectivity index (χ1) is 22.9. The summed E-state index contributed by atoms with van der Waals surface area (Å²) in [6, 6.07) is -5.16. The van der Waals surface area contributed by atoms with Crippen molar-refractivity contribution in [2.24, 2.45) is 11.5 Å². The lowest BCUT2D eigenvalue weighted by atomic mass is 10.1. The fourth-order valence-corrected chi connectivity index (χ4v) is 5.59. The molecule has 0 aromatic heterocycles. The molecule has 1 rings (SSSR count). The van der Waals surface area contributed by atoms with Crippen LogP contribution in [0.5, 0.6) is 0 Å². The highest BCUT2D eigenvalue weighted by Crippen LogP contribution is 2.23. The van der Waals surface area contributed by atoms with Gasteiger partial charge in [0.15, 0.2) is 0 Å². The molecule has 23 heteroatoms. The molecule has 1 aliphatic rings. The lowest BCUT2D eigenvalue weighted by Crippen LogP contribution is -2.50. The maximum absolute atomic E-state index is 12.4. The number of imide groups is 1. The maximum Gasteiger partial charge on any atom is 0.322 e. The van der Waals surface area contributed by atoms with Crippen molar-refractivity contribution in [2.45, 2.75) is 56.8 Å². The summed E-state index contributed by atoms with van der Waals surface area (Å²) in [7, 11) is 1.89. The maximum atomic E-state index is 12.4. The van der Waals surface area contributed by atoms with E-state index in [4.69, 9.17) is 31.9 Å². The molecule has 0 bridgehead atoms. The second-order valence-electron chi connectivity index (χ2n) is 9.75. The van der Waals surface area contributed by atoms with Gasteiger partial charge in [0.05, 0.1) is 0 Å². The van der Waals surface area contributed by atoms with Crippen molar-refractivity contribution in [1.82, 2.24) is 26.2 Å². The number of carboxylic acids is 4. The molecule has 12 N–H and O–H groups in total. The summed E-state index contributed by atoms with van der Waals surface area (Å²) in [6.45, 7) is 0.750. The van der Waals surface area contributed by atoms with Gasteiger partial charge in [-0.15, -0.1) is 0 Å². The van der Waals surface area contributed by atoms with E-state index in [1.807, 2.05) is 0 Å². The number of nitrogens with zero attached hydrogens (tertiary/aromatic N) is 1. The van der Waals surface area contributed by atoms with Gasteiger partial charge in [-0.1, -0.05) is 21.6 Å². The van der Waals surface area contributed by atoms with Gasteiger partial charge in [0.2, 0.25) is 23.6 Å². The molecule has 0 fully saturated rings. The predicted molar refractivity (Wildman–Crippen MR) is 171 cm³/mol. The lowest BCUT2D eigenvalue weighted by Gasteiger charge is -2.20. The number of nitrogens with one attached hydrogen (secondary N) is 4. The van der Waals surface area contributed by atoms with E-state index in [1.165, 1.54) is 17.1 Å². The zero-order chi connectivity index (χ0) is 37.7. The van der Waals surface area contributed by atoms with Crippen molar-refractivity contribution in [1.29, 1.82) is 0 Å². The summed E-state index contributed by atoms with van der Waals surface area (Å²) in [5.74, 6) is -9.23. The van der Waals surface area contributed by atoms with Crippen LogP contribution in [-0.2, 0) is 47.9 Å². The number of hydrogen-bond acceptors (Lipinski definition) is 14. The van der Waals surface area contributed by atoms with Crippen LogP contribution in [0.1, 0.15) is 32.6 Å². The van der Waals surface area contributed by atoms with E-state index in [1.54, 1.807) is 6.92 Å². The zero-order valence-electron chi connectivity index (χ0n) is 26.1. The van der Waals surface area contributed by atoms with Gasteiger partial charge in [-0.25, -0.2) is 0 Å². The van der Waals surface area contributed by atoms with E-state index in [-0.39, 0.29) is 49.0 Å². The fraction of sp³-hybridized carbons (Fsp3) is 0.538. The Morgan fingerprint density at radius 3 is 1.31 bits per heavy atom. The van der Waals surface area contributed by atoms with E-state index in [0.29, 0.717) is 6.54 Å². The number of hydrogen-bond donors (Lipinski definition) is 10. The Bertz CT molecular complexity index is 1190. The topological polar surface area (TPSA) is 355 Å². The molecule has 0 aromatic carbocycles. The minimum atomic E-state index is -1.34. The molecule has 0 saturated carbocycles. The first kappa shape index (κ1) is 44.3. The molecule has 1 aliphatic heterocycles. The largest absolute Gasteiger partial charge is 0.480 e. The van der Waals surface area contributed by atoms with Crippen LogP contribution in [-0.4, -0.2) is 140 Å². The van der Waals surface area contributed by atoms with Crippen molar-refractivity contribution >= 4 is 80.9 Å². The lowest BCUT2D eigenvalue weighted by molar-refractivity contribution is -0.140. The quantitative estimate of drug-likeness (QED) is 0.0288. The summed E-state index contributed by atoms with van der Waals surface area (Å²) in [5.41, 5.74) is 10.7. The number of carbonyl (C=O) groups is 10. The molecule has 0 aromatic rings. The van der Waals surface area contributed by atoms with Crippen molar-refractivity contribution in [3.8, 4) is 0 Å². The number of aliphatic carboxylic acids is 4. The van der Waals surface area contributed by atoms with Gasteiger partial charge in [-0.2, -0.15) is 0 Å². The van der Waals surface area contributed by atoms with Gasteiger partial charge in [0.1, 0.15) is 37.3 Å². The molecule has 1 heterocycles. The molecule has 6 amide bonds. The second kappa shape index (κ2) is 23.6. The van der Waals surface area contributed by atoms with Crippen LogP contribution >= 0.6 is 21.6 Å². The number of nitrogens with two attached hydrogens (primary N) is 2. The van der Waals surface area contributed by atoms with Crippen molar-refractivity contribution in [2.75, 3.05) is 31.1 Å². The predicted octanol–water partition coefficient (Wildman–Crippen LogP) is -3.95. The van der Waals surface area contributed by atoms with Gasteiger partial charge in [0.25, 0.3) is 11.8 Å². The minimum absolute atomic E-state index is 0.155. The highest BCUT2D eigenvalue weighted by molar-refractivity contribution is 8.76. The minimum Gasteiger partial charge on any atom is -0.480 e. The van der Waals surface area contributed by atoms with Gasteiger partial charge < -0.3 is 53.2 Å². The molecule has 4 atom stereocenters. The Morgan fingerprint density at radius 2 is 1.04 bits per heavy atom. The summed E-state index contributed by atoms with van der Waals surface area (Å²) < 4.78 is 0. The van der Waals surface area contributed by atoms with Crippen LogP contribution in [0.4, 0.5) is 0 Å².